The first kappa shape index (κ1) is 18.9. The fraction of sp³-hybridized carbons (Fsp3) is 0.261. The van der Waals surface area contributed by atoms with Crippen LogP contribution in [0, 0.1) is 6.92 Å². The van der Waals surface area contributed by atoms with Gasteiger partial charge in [0.1, 0.15) is 6.54 Å². The zero-order valence-electron chi connectivity index (χ0n) is 16.6. The Morgan fingerprint density at radius 1 is 1.10 bits per heavy atom. The molecule has 4 aromatic rings. The molecule has 2 heterocycles. The number of carbonyl (C=O) groups is 1. The first-order valence-corrected chi connectivity index (χ1v) is 9.88. The number of fused-ring (bicyclic) bond motifs is 3. The van der Waals surface area contributed by atoms with Crippen molar-refractivity contribution in [3.8, 4) is 0 Å². The van der Waals surface area contributed by atoms with E-state index in [1.165, 1.54) is 11.6 Å². The number of nitrogens with one attached hydrogen (secondary N) is 1. The lowest BCUT2D eigenvalue weighted by atomic mass is 10.0. The zero-order chi connectivity index (χ0) is 20.4. The summed E-state index contributed by atoms with van der Waals surface area (Å²) in [5, 5.41) is 4.02. The highest BCUT2D eigenvalue weighted by molar-refractivity contribution is 5.93. The number of aromatic nitrogens is 3. The topological polar surface area (TPSA) is 68.4 Å². The van der Waals surface area contributed by atoms with Crippen LogP contribution in [0.15, 0.2) is 65.5 Å². The summed E-state index contributed by atoms with van der Waals surface area (Å²) >= 11 is 0. The molecule has 29 heavy (non-hydrogen) atoms. The van der Waals surface area contributed by atoms with E-state index in [-0.39, 0.29) is 24.1 Å². The fourth-order valence-electron chi connectivity index (χ4n) is 3.83. The van der Waals surface area contributed by atoms with Crippen molar-refractivity contribution in [2.24, 2.45) is 0 Å². The van der Waals surface area contributed by atoms with Crippen LogP contribution in [0.5, 0.6) is 0 Å². The van der Waals surface area contributed by atoms with Crippen LogP contribution in [-0.2, 0) is 17.8 Å². The summed E-state index contributed by atoms with van der Waals surface area (Å²) in [4.78, 5) is 29.0. The van der Waals surface area contributed by atoms with Crippen LogP contribution in [0.4, 0.5) is 0 Å². The highest BCUT2D eigenvalue weighted by Crippen LogP contribution is 2.21. The van der Waals surface area contributed by atoms with E-state index in [0.29, 0.717) is 5.65 Å². The standard InChI is InChI=1S/C23H24N4O2/c1-3-18(14-17-9-5-4-6-10-17)24-22(29)15-26-20-12-8-7-11-19(20)23-25-21(28)13-16(2)27(23)26/h4-13,18H,3,14-15H2,1-2H3,(H,24,29)/t18-/m1/s1. The average molecular weight is 388 g/mol. The van der Waals surface area contributed by atoms with Crippen molar-refractivity contribution in [3.63, 3.8) is 0 Å². The van der Waals surface area contributed by atoms with Crippen LogP contribution >= 0.6 is 0 Å². The zero-order valence-corrected chi connectivity index (χ0v) is 16.6. The molecule has 0 saturated heterocycles. The minimum Gasteiger partial charge on any atom is -0.351 e. The quantitative estimate of drug-likeness (QED) is 0.552. The van der Waals surface area contributed by atoms with E-state index in [1.54, 1.807) is 0 Å². The Morgan fingerprint density at radius 3 is 2.59 bits per heavy atom. The number of nitrogens with zero attached hydrogens (tertiary/aromatic N) is 3. The van der Waals surface area contributed by atoms with Crippen molar-refractivity contribution in [2.75, 3.05) is 0 Å². The van der Waals surface area contributed by atoms with Crippen molar-refractivity contribution >= 4 is 22.5 Å². The van der Waals surface area contributed by atoms with E-state index in [2.05, 4.69) is 29.4 Å². The predicted octanol–water partition coefficient (Wildman–Crippen LogP) is 3.10. The third kappa shape index (κ3) is 3.78. The van der Waals surface area contributed by atoms with E-state index >= 15 is 0 Å². The van der Waals surface area contributed by atoms with Crippen LogP contribution in [-0.4, -0.2) is 26.1 Å². The maximum absolute atomic E-state index is 12.9. The molecule has 1 amide bonds. The maximum Gasteiger partial charge on any atom is 0.273 e. The molecule has 4 rings (SSSR count). The molecular formula is C23H24N4O2. The molecule has 0 spiro atoms. The number of amides is 1. The number of hydrogen-bond donors (Lipinski definition) is 1. The molecule has 0 aliphatic carbocycles. The summed E-state index contributed by atoms with van der Waals surface area (Å²) < 4.78 is 3.74. The van der Waals surface area contributed by atoms with Crippen molar-refractivity contribution in [3.05, 3.63) is 82.3 Å². The normalized spacial score (nSPS) is 12.3. The van der Waals surface area contributed by atoms with Gasteiger partial charge in [-0.15, -0.1) is 0 Å². The third-order valence-electron chi connectivity index (χ3n) is 5.22. The predicted molar refractivity (Wildman–Crippen MR) is 114 cm³/mol. The highest BCUT2D eigenvalue weighted by atomic mass is 16.2. The van der Waals surface area contributed by atoms with Crippen molar-refractivity contribution in [1.29, 1.82) is 0 Å². The first-order valence-electron chi connectivity index (χ1n) is 9.88. The molecule has 0 bridgehead atoms. The number of benzene rings is 2. The molecule has 0 unspecified atom stereocenters. The van der Waals surface area contributed by atoms with Gasteiger partial charge in [0.2, 0.25) is 5.91 Å². The smallest absolute Gasteiger partial charge is 0.273 e. The Morgan fingerprint density at radius 2 is 1.83 bits per heavy atom. The van der Waals surface area contributed by atoms with Crippen molar-refractivity contribution in [2.45, 2.75) is 39.3 Å². The second kappa shape index (κ2) is 7.91. The first-order chi connectivity index (χ1) is 14.1. The Hall–Kier alpha value is -3.41. The van der Waals surface area contributed by atoms with Gasteiger partial charge < -0.3 is 5.32 Å². The Balaban J connectivity index is 1.64. The van der Waals surface area contributed by atoms with Gasteiger partial charge in [0.15, 0.2) is 5.65 Å². The Bertz CT molecular complexity index is 1220. The van der Waals surface area contributed by atoms with Gasteiger partial charge >= 0.3 is 0 Å². The molecule has 6 heteroatoms. The summed E-state index contributed by atoms with van der Waals surface area (Å²) in [7, 11) is 0. The van der Waals surface area contributed by atoms with E-state index in [9.17, 15) is 9.59 Å². The molecule has 0 fully saturated rings. The molecule has 2 aromatic heterocycles. The van der Waals surface area contributed by atoms with Crippen LogP contribution in [0.3, 0.4) is 0 Å². The van der Waals surface area contributed by atoms with Crippen LogP contribution in [0.2, 0.25) is 0 Å². The second-order valence-corrected chi connectivity index (χ2v) is 7.31. The second-order valence-electron chi connectivity index (χ2n) is 7.31. The highest BCUT2D eigenvalue weighted by Gasteiger charge is 2.17. The van der Waals surface area contributed by atoms with E-state index in [0.717, 1.165) is 29.4 Å². The monoisotopic (exact) mass is 388 g/mol. The lowest BCUT2D eigenvalue weighted by Crippen LogP contribution is -2.38. The molecule has 2 aromatic carbocycles. The number of rotatable bonds is 6. The van der Waals surface area contributed by atoms with Gasteiger partial charge in [0, 0.05) is 23.2 Å². The van der Waals surface area contributed by atoms with Gasteiger partial charge in [-0.25, -0.2) is 4.52 Å². The van der Waals surface area contributed by atoms with Crippen molar-refractivity contribution < 1.29 is 4.79 Å². The number of carbonyl (C=O) groups excluding carboxylic acids is 1. The molecule has 1 N–H and O–H groups in total. The molecular weight excluding hydrogens is 364 g/mol. The lowest BCUT2D eigenvalue weighted by Gasteiger charge is -2.18. The van der Waals surface area contributed by atoms with Crippen LogP contribution < -0.4 is 10.9 Å². The van der Waals surface area contributed by atoms with Crippen LogP contribution in [0.25, 0.3) is 16.6 Å². The SMILES string of the molecule is CC[C@H](Cc1ccccc1)NC(=O)Cn1c2ccccc2c2nc(=O)cc(C)n21. The molecule has 0 radical (unpaired) electrons. The summed E-state index contributed by atoms with van der Waals surface area (Å²) in [6, 6.07) is 19.4. The summed E-state index contributed by atoms with van der Waals surface area (Å²) in [5.74, 6) is -0.0615. The fourth-order valence-corrected chi connectivity index (χ4v) is 3.83. The summed E-state index contributed by atoms with van der Waals surface area (Å²) in [6.45, 7) is 4.08. The van der Waals surface area contributed by atoms with Crippen molar-refractivity contribution in [1.82, 2.24) is 19.5 Å². The Kier molecular flexibility index (Phi) is 5.16. The summed E-state index contributed by atoms with van der Waals surface area (Å²) in [6.07, 6.45) is 1.64. The molecule has 148 valence electrons. The number of aryl methyl sites for hydroxylation is 1. The van der Waals surface area contributed by atoms with E-state index < -0.39 is 0 Å². The van der Waals surface area contributed by atoms with Gasteiger partial charge in [0.05, 0.1) is 5.52 Å². The maximum atomic E-state index is 12.9. The average Bonchev–Trinajstić information content (AvgIpc) is 3.02. The summed E-state index contributed by atoms with van der Waals surface area (Å²) in [5.41, 5.74) is 3.13. The van der Waals surface area contributed by atoms with Gasteiger partial charge in [-0.1, -0.05) is 49.4 Å². The Labute approximate surface area is 168 Å². The minimum atomic E-state index is -0.274. The van der Waals surface area contributed by atoms with Gasteiger partial charge in [-0.2, -0.15) is 4.98 Å². The number of hydrogen-bond acceptors (Lipinski definition) is 3. The van der Waals surface area contributed by atoms with Gasteiger partial charge in [0.25, 0.3) is 5.56 Å². The molecule has 0 saturated carbocycles. The largest absolute Gasteiger partial charge is 0.351 e. The molecule has 0 aliphatic heterocycles. The molecule has 1 atom stereocenters. The molecule has 6 nitrogen and oxygen atoms in total. The molecule has 0 aliphatic rings. The van der Waals surface area contributed by atoms with Gasteiger partial charge in [-0.05, 0) is 37.5 Å². The lowest BCUT2D eigenvalue weighted by molar-refractivity contribution is -0.122. The van der Waals surface area contributed by atoms with Crippen LogP contribution in [0.1, 0.15) is 24.6 Å². The van der Waals surface area contributed by atoms with E-state index in [1.807, 2.05) is 58.6 Å². The van der Waals surface area contributed by atoms with Gasteiger partial charge in [-0.3, -0.25) is 14.3 Å². The number of para-hydroxylation sites is 1. The minimum absolute atomic E-state index is 0.0615. The third-order valence-corrected chi connectivity index (χ3v) is 5.22. The van der Waals surface area contributed by atoms with E-state index in [4.69, 9.17) is 0 Å².